The van der Waals surface area contributed by atoms with E-state index in [-0.39, 0.29) is 0 Å². The highest BCUT2D eigenvalue weighted by atomic mass is 35.5. The van der Waals surface area contributed by atoms with E-state index in [1.54, 1.807) is 17.4 Å². The molecule has 2 rings (SSSR count). The zero-order chi connectivity index (χ0) is 13.0. The minimum Gasteiger partial charge on any atom is -0.320 e. The molecule has 0 bridgehead atoms. The third-order valence-corrected chi connectivity index (χ3v) is 4.01. The first-order chi connectivity index (χ1) is 8.70. The van der Waals surface area contributed by atoms with Crippen molar-refractivity contribution in [2.45, 2.75) is 12.8 Å². The number of aromatic nitrogens is 2. The van der Waals surface area contributed by atoms with Gasteiger partial charge in [0.1, 0.15) is 10.0 Å². The Labute approximate surface area is 120 Å². The summed E-state index contributed by atoms with van der Waals surface area (Å²) in [4.78, 5) is 0. The Morgan fingerprint density at radius 2 is 2.11 bits per heavy atom. The number of hydrogen-bond donors (Lipinski definition) is 1. The lowest BCUT2D eigenvalue weighted by molar-refractivity contribution is 0.718. The molecule has 0 aliphatic rings. The Bertz CT molecular complexity index is 528. The van der Waals surface area contributed by atoms with Crippen LogP contribution >= 0.6 is 34.5 Å². The van der Waals surface area contributed by atoms with Gasteiger partial charge in [0.05, 0.1) is 5.02 Å². The van der Waals surface area contributed by atoms with Gasteiger partial charge in [-0.05, 0) is 38.2 Å². The summed E-state index contributed by atoms with van der Waals surface area (Å²) in [6.07, 6.45) is 1.99. The van der Waals surface area contributed by atoms with Crippen LogP contribution in [0.25, 0.3) is 10.6 Å². The molecule has 0 fully saturated rings. The maximum absolute atomic E-state index is 6.14. The SMILES string of the molecule is CNCCCc1nnc(-c2ccc(Cl)cc2Cl)s1. The molecule has 2 aromatic rings. The molecule has 6 heteroatoms. The first-order valence-corrected chi connectivity index (χ1v) is 7.20. The van der Waals surface area contributed by atoms with Crippen molar-refractivity contribution in [1.82, 2.24) is 15.5 Å². The standard InChI is InChI=1S/C12H13Cl2N3S/c1-15-6-2-3-11-16-17-12(18-11)9-5-4-8(13)7-10(9)14/h4-5,7,15H,2-3,6H2,1H3. The van der Waals surface area contributed by atoms with Crippen molar-refractivity contribution in [1.29, 1.82) is 0 Å². The van der Waals surface area contributed by atoms with Crippen molar-refractivity contribution < 1.29 is 0 Å². The number of halogens is 2. The molecule has 0 amide bonds. The molecule has 1 heterocycles. The first kappa shape index (κ1) is 13.7. The van der Waals surface area contributed by atoms with Crippen molar-refractivity contribution in [3.63, 3.8) is 0 Å². The van der Waals surface area contributed by atoms with Gasteiger partial charge in [-0.1, -0.05) is 34.5 Å². The van der Waals surface area contributed by atoms with Crippen molar-refractivity contribution in [2.24, 2.45) is 0 Å². The largest absolute Gasteiger partial charge is 0.320 e. The highest BCUT2D eigenvalue weighted by molar-refractivity contribution is 7.14. The zero-order valence-electron chi connectivity index (χ0n) is 9.91. The molecule has 0 spiro atoms. The minimum absolute atomic E-state index is 0.612. The number of rotatable bonds is 5. The highest BCUT2D eigenvalue weighted by Gasteiger charge is 2.10. The summed E-state index contributed by atoms with van der Waals surface area (Å²) in [5.74, 6) is 0. The molecule has 0 radical (unpaired) electrons. The minimum atomic E-state index is 0.612. The van der Waals surface area contributed by atoms with Crippen molar-refractivity contribution in [3.8, 4) is 10.6 Å². The van der Waals surface area contributed by atoms with Crippen LogP contribution < -0.4 is 5.32 Å². The molecular formula is C12H13Cl2N3S. The van der Waals surface area contributed by atoms with Crippen LogP contribution in [0.4, 0.5) is 0 Å². The van der Waals surface area contributed by atoms with E-state index in [2.05, 4.69) is 15.5 Å². The summed E-state index contributed by atoms with van der Waals surface area (Å²) in [5, 5.41) is 14.6. The van der Waals surface area contributed by atoms with Crippen LogP contribution in [0.3, 0.4) is 0 Å². The van der Waals surface area contributed by atoms with E-state index in [4.69, 9.17) is 23.2 Å². The van der Waals surface area contributed by atoms with Gasteiger partial charge in [0.2, 0.25) is 0 Å². The second kappa shape index (κ2) is 6.48. The van der Waals surface area contributed by atoms with Crippen molar-refractivity contribution >= 4 is 34.5 Å². The molecule has 1 aromatic carbocycles. The van der Waals surface area contributed by atoms with Crippen LogP contribution in [0, 0.1) is 0 Å². The van der Waals surface area contributed by atoms with E-state index < -0.39 is 0 Å². The number of aryl methyl sites for hydroxylation is 1. The molecule has 1 aromatic heterocycles. The van der Waals surface area contributed by atoms with Crippen LogP contribution in [0.2, 0.25) is 10.0 Å². The number of benzene rings is 1. The second-order valence-electron chi connectivity index (χ2n) is 3.83. The summed E-state index contributed by atoms with van der Waals surface area (Å²) in [7, 11) is 1.94. The van der Waals surface area contributed by atoms with Crippen LogP contribution in [0.5, 0.6) is 0 Å². The van der Waals surface area contributed by atoms with E-state index >= 15 is 0 Å². The molecule has 0 saturated heterocycles. The third kappa shape index (κ3) is 3.42. The predicted molar refractivity (Wildman–Crippen MR) is 77.6 cm³/mol. The fourth-order valence-corrected chi connectivity index (χ4v) is 3.02. The lowest BCUT2D eigenvalue weighted by Gasteiger charge is -1.99. The monoisotopic (exact) mass is 301 g/mol. The molecule has 18 heavy (non-hydrogen) atoms. The molecular weight excluding hydrogens is 289 g/mol. The smallest absolute Gasteiger partial charge is 0.149 e. The summed E-state index contributed by atoms with van der Waals surface area (Å²) >= 11 is 13.6. The highest BCUT2D eigenvalue weighted by Crippen LogP contribution is 2.32. The summed E-state index contributed by atoms with van der Waals surface area (Å²) in [6, 6.07) is 5.41. The van der Waals surface area contributed by atoms with Gasteiger partial charge in [-0.3, -0.25) is 0 Å². The van der Waals surface area contributed by atoms with Gasteiger partial charge >= 0.3 is 0 Å². The molecule has 0 atom stereocenters. The zero-order valence-corrected chi connectivity index (χ0v) is 12.2. The van der Waals surface area contributed by atoms with Crippen LogP contribution in [-0.2, 0) is 6.42 Å². The van der Waals surface area contributed by atoms with Gasteiger partial charge in [-0.25, -0.2) is 0 Å². The van der Waals surface area contributed by atoms with Crippen LogP contribution in [0.15, 0.2) is 18.2 Å². The van der Waals surface area contributed by atoms with Gasteiger partial charge in [0.15, 0.2) is 0 Å². The fraction of sp³-hybridized carbons (Fsp3) is 0.333. The first-order valence-electron chi connectivity index (χ1n) is 5.63. The number of hydrogen-bond acceptors (Lipinski definition) is 4. The molecule has 3 nitrogen and oxygen atoms in total. The number of nitrogens with zero attached hydrogens (tertiary/aromatic N) is 2. The van der Waals surface area contributed by atoms with E-state index in [1.165, 1.54) is 0 Å². The average molecular weight is 302 g/mol. The van der Waals surface area contributed by atoms with Crippen molar-refractivity contribution in [3.05, 3.63) is 33.3 Å². The third-order valence-electron chi connectivity index (χ3n) is 2.45. The Morgan fingerprint density at radius 1 is 1.28 bits per heavy atom. The van der Waals surface area contributed by atoms with Crippen LogP contribution in [-0.4, -0.2) is 23.8 Å². The predicted octanol–water partition coefficient (Wildman–Crippen LogP) is 3.66. The average Bonchev–Trinajstić information content (AvgIpc) is 2.78. The van der Waals surface area contributed by atoms with E-state index in [0.29, 0.717) is 10.0 Å². The molecule has 0 aliphatic heterocycles. The molecule has 96 valence electrons. The molecule has 0 aliphatic carbocycles. The van der Waals surface area contributed by atoms with Crippen molar-refractivity contribution in [2.75, 3.05) is 13.6 Å². The summed E-state index contributed by atoms with van der Waals surface area (Å²) < 4.78 is 0. The summed E-state index contributed by atoms with van der Waals surface area (Å²) in [5.41, 5.74) is 0.887. The quantitative estimate of drug-likeness (QED) is 0.856. The molecule has 1 N–H and O–H groups in total. The van der Waals surface area contributed by atoms with Gasteiger partial charge < -0.3 is 5.32 Å². The Hall–Kier alpha value is -0.680. The fourth-order valence-electron chi connectivity index (χ4n) is 1.54. The normalized spacial score (nSPS) is 10.8. The topological polar surface area (TPSA) is 37.8 Å². The molecule has 0 unspecified atom stereocenters. The van der Waals surface area contributed by atoms with Gasteiger partial charge in [0.25, 0.3) is 0 Å². The number of nitrogens with one attached hydrogen (secondary N) is 1. The maximum atomic E-state index is 6.14. The van der Waals surface area contributed by atoms with Gasteiger partial charge in [-0.15, -0.1) is 10.2 Å². The van der Waals surface area contributed by atoms with Crippen LogP contribution in [0.1, 0.15) is 11.4 Å². The van der Waals surface area contributed by atoms with E-state index in [1.807, 2.05) is 19.2 Å². The van der Waals surface area contributed by atoms with E-state index in [9.17, 15) is 0 Å². The van der Waals surface area contributed by atoms with Gasteiger partial charge in [0, 0.05) is 17.0 Å². The van der Waals surface area contributed by atoms with E-state index in [0.717, 1.165) is 35.0 Å². The Kier molecular flexibility index (Phi) is 4.95. The summed E-state index contributed by atoms with van der Waals surface area (Å²) in [6.45, 7) is 0.983. The Balaban J connectivity index is 2.13. The second-order valence-corrected chi connectivity index (χ2v) is 5.74. The Morgan fingerprint density at radius 3 is 2.83 bits per heavy atom. The lowest BCUT2D eigenvalue weighted by atomic mass is 10.2. The molecule has 0 saturated carbocycles. The maximum Gasteiger partial charge on any atom is 0.149 e. The van der Waals surface area contributed by atoms with Gasteiger partial charge in [-0.2, -0.15) is 0 Å². The lowest BCUT2D eigenvalue weighted by Crippen LogP contribution is -2.08.